The summed E-state index contributed by atoms with van der Waals surface area (Å²) in [6.45, 7) is 4.24. The highest BCUT2D eigenvalue weighted by molar-refractivity contribution is 7.98. The van der Waals surface area contributed by atoms with Gasteiger partial charge in [-0.05, 0) is 12.2 Å². The van der Waals surface area contributed by atoms with Gasteiger partial charge < -0.3 is 0 Å². The number of hydrogen-bond donors (Lipinski definition) is 1. The van der Waals surface area contributed by atoms with Crippen LogP contribution in [0.25, 0.3) is 11.0 Å². The molecule has 0 saturated heterocycles. The molecule has 2 rings (SSSR count). The largest absolute Gasteiger partial charge is 0.279 e. The molecule has 0 aliphatic carbocycles. The maximum absolute atomic E-state index is 4.31. The third-order valence-electron chi connectivity index (χ3n) is 2.08. The third kappa shape index (κ3) is 1.48. The summed E-state index contributed by atoms with van der Waals surface area (Å²) in [7, 11) is 0. The van der Waals surface area contributed by atoms with Gasteiger partial charge in [-0.3, -0.25) is 5.10 Å². The molecule has 2 heterocycles. The molecule has 2 aromatic heterocycles. The minimum atomic E-state index is 0.420. The van der Waals surface area contributed by atoms with E-state index in [-0.39, 0.29) is 0 Å². The van der Waals surface area contributed by atoms with Crippen molar-refractivity contribution in [2.45, 2.75) is 24.9 Å². The molecule has 0 fully saturated rings. The molecule has 74 valence electrons. The number of thioether (sulfide) groups is 1. The van der Waals surface area contributed by atoms with Crippen LogP contribution in [0.2, 0.25) is 0 Å². The summed E-state index contributed by atoms with van der Waals surface area (Å²) in [6.07, 6.45) is 3.80. The molecular weight excluding hydrogens is 196 g/mol. The number of nitrogens with one attached hydrogen (secondary N) is 1. The first-order valence-electron chi connectivity index (χ1n) is 4.47. The lowest BCUT2D eigenvalue weighted by molar-refractivity contribution is 0.817. The van der Waals surface area contributed by atoms with E-state index in [9.17, 15) is 0 Å². The molecular formula is C9H12N4S. The molecule has 0 amide bonds. The lowest BCUT2D eigenvalue weighted by Crippen LogP contribution is -1.89. The minimum Gasteiger partial charge on any atom is -0.279 e. The SMILES string of the molecule is CSc1ncc2c(C(C)C)[nH]nc2n1. The van der Waals surface area contributed by atoms with Crippen molar-refractivity contribution in [3.63, 3.8) is 0 Å². The van der Waals surface area contributed by atoms with E-state index in [2.05, 4.69) is 34.0 Å². The highest BCUT2D eigenvalue weighted by Gasteiger charge is 2.10. The van der Waals surface area contributed by atoms with Gasteiger partial charge in [0, 0.05) is 11.9 Å². The Morgan fingerprint density at radius 3 is 2.86 bits per heavy atom. The molecule has 0 bridgehead atoms. The lowest BCUT2D eigenvalue weighted by Gasteiger charge is -2.00. The van der Waals surface area contributed by atoms with Gasteiger partial charge in [0.1, 0.15) is 0 Å². The number of H-pyrrole nitrogens is 1. The molecule has 5 heteroatoms. The molecule has 0 aromatic carbocycles. The summed E-state index contributed by atoms with van der Waals surface area (Å²) in [6, 6.07) is 0. The molecule has 4 nitrogen and oxygen atoms in total. The molecule has 0 unspecified atom stereocenters. The Bertz CT molecular complexity index is 449. The quantitative estimate of drug-likeness (QED) is 0.607. The zero-order chi connectivity index (χ0) is 10.1. The van der Waals surface area contributed by atoms with E-state index in [1.807, 2.05) is 12.5 Å². The maximum atomic E-state index is 4.31. The van der Waals surface area contributed by atoms with Gasteiger partial charge in [-0.25, -0.2) is 9.97 Å². The van der Waals surface area contributed by atoms with Gasteiger partial charge in [-0.15, -0.1) is 0 Å². The fourth-order valence-corrected chi connectivity index (χ4v) is 1.68. The van der Waals surface area contributed by atoms with Gasteiger partial charge in [0.05, 0.1) is 5.39 Å². The first kappa shape index (κ1) is 9.45. The molecule has 0 radical (unpaired) electrons. The van der Waals surface area contributed by atoms with Gasteiger partial charge >= 0.3 is 0 Å². The van der Waals surface area contributed by atoms with Crippen LogP contribution >= 0.6 is 11.8 Å². The standard InChI is InChI=1S/C9H12N4S/c1-5(2)7-6-4-10-9(14-3)11-8(6)13-12-7/h4-5H,1-3H3,(H,10,11,12,13). The normalized spacial score (nSPS) is 11.4. The van der Waals surface area contributed by atoms with E-state index >= 15 is 0 Å². The van der Waals surface area contributed by atoms with E-state index in [1.54, 1.807) is 0 Å². The van der Waals surface area contributed by atoms with Crippen LogP contribution < -0.4 is 0 Å². The van der Waals surface area contributed by atoms with Crippen LogP contribution in [0.1, 0.15) is 25.5 Å². The molecule has 0 atom stereocenters. The Hall–Kier alpha value is -1.10. The van der Waals surface area contributed by atoms with Gasteiger partial charge in [-0.1, -0.05) is 25.6 Å². The Kier molecular flexibility index (Phi) is 2.41. The Morgan fingerprint density at radius 2 is 2.21 bits per heavy atom. The molecule has 2 aromatic rings. The first-order valence-corrected chi connectivity index (χ1v) is 5.70. The Balaban J connectivity index is 2.59. The number of aromatic nitrogens is 4. The predicted octanol–water partition coefficient (Wildman–Crippen LogP) is 2.20. The van der Waals surface area contributed by atoms with E-state index in [4.69, 9.17) is 0 Å². The molecule has 0 aliphatic heterocycles. The van der Waals surface area contributed by atoms with Crippen molar-refractivity contribution in [3.8, 4) is 0 Å². The Morgan fingerprint density at radius 1 is 1.43 bits per heavy atom. The van der Waals surface area contributed by atoms with Gasteiger partial charge in [0.2, 0.25) is 0 Å². The van der Waals surface area contributed by atoms with E-state index in [1.165, 1.54) is 11.8 Å². The molecule has 14 heavy (non-hydrogen) atoms. The van der Waals surface area contributed by atoms with Crippen LogP contribution in [0.3, 0.4) is 0 Å². The summed E-state index contributed by atoms with van der Waals surface area (Å²) in [4.78, 5) is 8.54. The average Bonchev–Trinajstić information content (AvgIpc) is 2.59. The topological polar surface area (TPSA) is 54.5 Å². The Labute approximate surface area is 86.5 Å². The second kappa shape index (κ2) is 3.57. The van der Waals surface area contributed by atoms with Crippen LogP contribution in [-0.4, -0.2) is 26.4 Å². The summed E-state index contributed by atoms with van der Waals surface area (Å²) >= 11 is 1.53. The fourth-order valence-electron chi connectivity index (χ4n) is 1.34. The zero-order valence-electron chi connectivity index (χ0n) is 8.40. The fraction of sp³-hybridized carbons (Fsp3) is 0.444. The van der Waals surface area contributed by atoms with E-state index < -0.39 is 0 Å². The van der Waals surface area contributed by atoms with Crippen molar-refractivity contribution in [2.75, 3.05) is 6.26 Å². The lowest BCUT2D eigenvalue weighted by atomic mass is 10.1. The first-order chi connectivity index (χ1) is 6.72. The van der Waals surface area contributed by atoms with Crippen LogP contribution in [0.15, 0.2) is 11.4 Å². The second-order valence-electron chi connectivity index (χ2n) is 3.39. The van der Waals surface area contributed by atoms with Crippen molar-refractivity contribution >= 4 is 22.8 Å². The van der Waals surface area contributed by atoms with Crippen LogP contribution in [0, 0.1) is 0 Å². The number of nitrogens with zero attached hydrogens (tertiary/aromatic N) is 3. The average molecular weight is 208 g/mol. The summed E-state index contributed by atoms with van der Waals surface area (Å²) in [5.41, 5.74) is 1.86. The van der Waals surface area contributed by atoms with E-state index in [0.717, 1.165) is 21.9 Å². The van der Waals surface area contributed by atoms with Gasteiger partial charge in [-0.2, -0.15) is 5.10 Å². The number of rotatable bonds is 2. The summed E-state index contributed by atoms with van der Waals surface area (Å²) < 4.78 is 0. The van der Waals surface area contributed by atoms with Crippen LogP contribution in [0.4, 0.5) is 0 Å². The number of hydrogen-bond acceptors (Lipinski definition) is 4. The van der Waals surface area contributed by atoms with Gasteiger partial charge in [0.25, 0.3) is 0 Å². The third-order valence-corrected chi connectivity index (χ3v) is 2.64. The molecule has 0 saturated carbocycles. The number of aromatic amines is 1. The van der Waals surface area contributed by atoms with Gasteiger partial charge in [0.15, 0.2) is 10.8 Å². The minimum absolute atomic E-state index is 0.420. The highest BCUT2D eigenvalue weighted by Crippen LogP contribution is 2.21. The summed E-state index contributed by atoms with van der Waals surface area (Å²) in [5.74, 6) is 0.420. The molecule has 0 aliphatic rings. The van der Waals surface area contributed by atoms with Crippen molar-refractivity contribution in [3.05, 3.63) is 11.9 Å². The maximum Gasteiger partial charge on any atom is 0.189 e. The number of fused-ring (bicyclic) bond motifs is 1. The van der Waals surface area contributed by atoms with Crippen molar-refractivity contribution < 1.29 is 0 Å². The molecule has 0 spiro atoms. The molecule has 1 N–H and O–H groups in total. The summed E-state index contributed by atoms with van der Waals surface area (Å²) in [5, 5.41) is 8.95. The van der Waals surface area contributed by atoms with Crippen molar-refractivity contribution in [1.82, 2.24) is 20.2 Å². The predicted molar refractivity (Wildman–Crippen MR) is 57.6 cm³/mol. The van der Waals surface area contributed by atoms with Crippen molar-refractivity contribution in [2.24, 2.45) is 0 Å². The smallest absolute Gasteiger partial charge is 0.189 e. The monoisotopic (exact) mass is 208 g/mol. The van der Waals surface area contributed by atoms with Crippen LogP contribution in [-0.2, 0) is 0 Å². The van der Waals surface area contributed by atoms with Crippen molar-refractivity contribution in [1.29, 1.82) is 0 Å². The van der Waals surface area contributed by atoms with Crippen LogP contribution in [0.5, 0.6) is 0 Å². The highest BCUT2D eigenvalue weighted by atomic mass is 32.2. The zero-order valence-corrected chi connectivity index (χ0v) is 9.22. The second-order valence-corrected chi connectivity index (χ2v) is 4.16. The van der Waals surface area contributed by atoms with E-state index in [0.29, 0.717) is 5.92 Å².